The summed E-state index contributed by atoms with van der Waals surface area (Å²) in [6.45, 7) is 1.30. The van der Waals surface area contributed by atoms with E-state index in [4.69, 9.17) is 30.5 Å². The van der Waals surface area contributed by atoms with E-state index in [-0.39, 0.29) is 29.1 Å². The lowest BCUT2D eigenvalue weighted by atomic mass is 9.93. The standard InChI is InChI=1S/C23H29NO7/c1-13(25)24-17-8-7-14-11-18(27-2)21(28-3)22(29-4)20(14)15-9-10-23(30-5,31-6)19(26)12-16(15)17/h9-12,17,26H,7-8H2,1-6H3,(H,24,25)/p-1/t17-/m0/s1/i5D3,10D,12D/t17-,23+. The normalized spacial score (nSPS) is 25.9. The van der Waals surface area contributed by atoms with Crippen LogP contribution in [-0.4, -0.2) is 53.2 Å². The third-order valence-corrected chi connectivity index (χ3v) is 5.28. The topological polar surface area (TPSA) is 98.3 Å². The number of hydrogen-bond acceptors (Lipinski definition) is 7. The van der Waals surface area contributed by atoms with Gasteiger partial charge in [0.15, 0.2) is 17.3 Å². The molecule has 2 atom stereocenters. The van der Waals surface area contributed by atoms with Gasteiger partial charge in [-0.05, 0) is 41.7 Å². The molecule has 0 fully saturated rings. The molecule has 0 aromatic heterocycles. The second-order valence-corrected chi connectivity index (χ2v) is 6.96. The molecular formula is C23H28NO7-. The maximum Gasteiger partial charge on any atom is 0.217 e. The lowest BCUT2D eigenvalue weighted by molar-refractivity contribution is -0.360. The lowest BCUT2D eigenvalue weighted by Crippen LogP contribution is -2.40. The largest absolute Gasteiger partial charge is 0.872 e. The van der Waals surface area contributed by atoms with E-state index in [0.717, 1.165) is 7.11 Å². The highest BCUT2D eigenvalue weighted by Crippen LogP contribution is 2.48. The Balaban J connectivity index is 2.49. The van der Waals surface area contributed by atoms with Gasteiger partial charge in [-0.1, -0.05) is 17.9 Å². The quantitative estimate of drug-likeness (QED) is 0.680. The molecule has 168 valence electrons. The van der Waals surface area contributed by atoms with Crippen LogP contribution in [0.1, 0.15) is 31.3 Å². The van der Waals surface area contributed by atoms with Gasteiger partial charge in [-0.3, -0.25) is 4.79 Å². The predicted molar refractivity (Wildman–Crippen MR) is 113 cm³/mol. The third kappa shape index (κ3) is 3.88. The molecule has 1 amide bonds. The summed E-state index contributed by atoms with van der Waals surface area (Å²) >= 11 is 0. The molecule has 0 heterocycles. The molecule has 8 nitrogen and oxygen atoms in total. The van der Waals surface area contributed by atoms with Gasteiger partial charge in [-0.15, -0.1) is 0 Å². The summed E-state index contributed by atoms with van der Waals surface area (Å²) in [4.78, 5) is 12.1. The fourth-order valence-corrected chi connectivity index (χ4v) is 3.87. The summed E-state index contributed by atoms with van der Waals surface area (Å²) in [7, 11) is 2.18. The van der Waals surface area contributed by atoms with E-state index in [1.165, 1.54) is 34.3 Å². The smallest absolute Gasteiger partial charge is 0.217 e. The van der Waals surface area contributed by atoms with Crippen LogP contribution in [0.3, 0.4) is 0 Å². The molecule has 0 bridgehead atoms. The highest BCUT2D eigenvalue weighted by molar-refractivity contribution is 5.88. The SMILES string of the molecule is [2H]C1=CC2=C(C([2H])=C([O-])[C@@]1(OC)OC([2H])([2H])[2H])[C@@H](NC(C)=O)CCc1cc(OC)c(OC)c(OC)c12. The average molecular weight is 436 g/mol. The predicted octanol–water partition coefficient (Wildman–Crippen LogP) is 1.72. The Morgan fingerprint density at radius 2 is 1.97 bits per heavy atom. The Morgan fingerprint density at radius 3 is 2.55 bits per heavy atom. The van der Waals surface area contributed by atoms with Crippen molar-refractivity contribution in [3.8, 4) is 17.2 Å². The van der Waals surface area contributed by atoms with Crippen LogP contribution in [0, 0.1) is 0 Å². The minimum absolute atomic E-state index is 0.0669. The molecule has 0 radical (unpaired) electrons. The number of hydrogen-bond donors (Lipinski definition) is 1. The first-order valence-electron chi connectivity index (χ1n) is 12.0. The number of fused-ring (bicyclic) bond motifs is 2. The molecule has 0 saturated heterocycles. The maximum atomic E-state index is 13.6. The first-order chi connectivity index (χ1) is 16.8. The molecule has 31 heavy (non-hydrogen) atoms. The molecule has 2 aliphatic carbocycles. The number of benzene rings is 1. The molecule has 0 saturated carbocycles. The van der Waals surface area contributed by atoms with Crippen molar-refractivity contribution in [2.24, 2.45) is 0 Å². The number of rotatable bonds is 6. The van der Waals surface area contributed by atoms with Crippen molar-refractivity contribution in [2.75, 3.05) is 35.5 Å². The molecule has 0 aliphatic heterocycles. The zero-order chi connectivity index (χ0) is 27.0. The van der Waals surface area contributed by atoms with E-state index in [2.05, 4.69) is 5.32 Å². The van der Waals surface area contributed by atoms with Gasteiger partial charge >= 0.3 is 0 Å². The van der Waals surface area contributed by atoms with Crippen LogP contribution in [0.2, 0.25) is 0 Å². The summed E-state index contributed by atoms with van der Waals surface area (Å²) in [5.74, 6) is -3.47. The number of methoxy groups -OCH3 is 5. The zero-order valence-corrected chi connectivity index (χ0v) is 18.0. The minimum atomic E-state index is -3.13. The van der Waals surface area contributed by atoms with Crippen molar-refractivity contribution in [1.82, 2.24) is 5.32 Å². The van der Waals surface area contributed by atoms with Crippen molar-refractivity contribution >= 4 is 11.5 Å². The molecule has 8 heteroatoms. The third-order valence-electron chi connectivity index (χ3n) is 5.28. The fourth-order valence-electron chi connectivity index (χ4n) is 3.87. The van der Waals surface area contributed by atoms with Crippen LogP contribution in [0.5, 0.6) is 17.2 Å². The second-order valence-electron chi connectivity index (χ2n) is 6.96. The lowest BCUT2D eigenvalue weighted by Gasteiger charge is -2.34. The van der Waals surface area contributed by atoms with Crippen LogP contribution in [0.4, 0.5) is 0 Å². The Kier molecular flexibility index (Phi) is 4.86. The van der Waals surface area contributed by atoms with Gasteiger partial charge < -0.3 is 34.1 Å². The van der Waals surface area contributed by atoms with Gasteiger partial charge in [0.2, 0.25) is 11.7 Å². The Morgan fingerprint density at radius 1 is 1.23 bits per heavy atom. The molecule has 0 spiro atoms. The van der Waals surface area contributed by atoms with Crippen molar-refractivity contribution in [1.29, 1.82) is 0 Å². The summed E-state index contributed by atoms with van der Waals surface area (Å²) in [5.41, 5.74) is 1.34. The van der Waals surface area contributed by atoms with Crippen LogP contribution in [0.25, 0.3) is 5.57 Å². The summed E-state index contributed by atoms with van der Waals surface area (Å²) in [5, 5.41) is 16.3. The van der Waals surface area contributed by atoms with E-state index >= 15 is 0 Å². The monoisotopic (exact) mass is 435 g/mol. The average Bonchev–Trinajstić information content (AvgIpc) is 2.99. The van der Waals surface area contributed by atoms with E-state index in [0.29, 0.717) is 23.3 Å². The van der Waals surface area contributed by atoms with E-state index < -0.39 is 42.6 Å². The Bertz CT molecular complexity index is 1160. The summed E-state index contributed by atoms with van der Waals surface area (Å²) in [6.07, 6.45) is 1.87. The number of allylic oxidation sites excluding steroid dienone is 2. The van der Waals surface area contributed by atoms with Gasteiger partial charge in [-0.2, -0.15) is 0 Å². The van der Waals surface area contributed by atoms with Crippen molar-refractivity contribution < 1.29 is 40.4 Å². The van der Waals surface area contributed by atoms with Gasteiger partial charge in [0, 0.05) is 26.6 Å². The molecule has 1 N–H and O–H groups in total. The second kappa shape index (κ2) is 9.03. The molecule has 2 aliphatic rings. The van der Waals surface area contributed by atoms with Crippen molar-refractivity contribution in [3.63, 3.8) is 0 Å². The van der Waals surface area contributed by atoms with E-state index in [9.17, 15) is 9.90 Å². The Hall–Kier alpha value is -2.97. The van der Waals surface area contributed by atoms with Gasteiger partial charge in [0.1, 0.15) is 0 Å². The highest BCUT2D eigenvalue weighted by atomic mass is 16.7. The molecule has 1 aromatic rings. The number of aryl methyl sites for hydroxylation is 1. The van der Waals surface area contributed by atoms with Gasteiger partial charge in [0.25, 0.3) is 0 Å². The summed E-state index contributed by atoms with van der Waals surface area (Å²) < 4.78 is 67.0. The number of nitrogens with one attached hydrogen (secondary N) is 1. The molecule has 0 unspecified atom stereocenters. The first-order valence-corrected chi connectivity index (χ1v) is 9.51. The van der Waals surface area contributed by atoms with Crippen LogP contribution in [-0.2, 0) is 20.7 Å². The minimum Gasteiger partial charge on any atom is -0.872 e. The fraction of sp³-hybridized carbons (Fsp3) is 0.435. The Labute approximate surface area is 189 Å². The van der Waals surface area contributed by atoms with Crippen molar-refractivity contribution in [2.45, 2.75) is 31.6 Å². The van der Waals surface area contributed by atoms with Crippen LogP contribution in [0.15, 0.2) is 35.6 Å². The highest BCUT2D eigenvalue weighted by Gasteiger charge is 2.34. The van der Waals surface area contributed by atoms with Crippen LogP contribution < -0.4 is 24.6 Å². The van der Waals surface area contributed by atoms with Crippen LogP contribution >= 0.6 is 0 Å². The number of ether oxygens (including phenoxy) is 5. The molecule has 1 aromatic carbocycles. The van der Waals surface area contributed by atoms with Crippen molar-refractivity contribution in [3.05, 3.63) is 46.7 Å². The van der Waals surface area contributed by atoms with E-state index in [1.807, 2.05) is 0 Å². The summed E-state index contributed by atoms with van der Waals surface area (Å²) in [6, 6.07) is -0.425. The number of carbonyl (C=O) groups excluding carboxylic acids is 1. The van der Waals surface area contributed by atoms with Gasteiger partial charge in [-0.25, -0.2) is 0 Å². The van der Waals surface area contributed by atoms with E-state index in [1.54, 1.807) is 6.07 Å². The first kappa shape index (κ1) is 16.7. The van der Waals surface area contributed by atoms with Gasteiger partial charge in [0.05, 0.1) is 34.2 Å². The zero-order valence-electron chi connectivity index (χ0n) is 23.0. The maximum absolute atomic E-state index is 13.6. The molecular weight excluding hydrogens is 402 g/mol. The number of amides is 1. The molecule has 3 rings (SSSR count). The number of carbonyl (C=O) groups is 1.